The van der Waals surface area contributed by atoms with E-state index in [1.165, 1.54) is 10.9 Å². The summed E-state index contributed by atoms with van der Waals surface area (Å²) in [5.41, 5.74) is 2.95. The molecule has 1 spiro atoms. The molecule has 0 atom stereocenters. The van der Waals surface area contributed by atoms with Crippen molar-refractivity contribution in [3.05, 3.63) is 65.3 Å². The molecule has 2 fully saturated rings. The number of fused-ring (bicyclic) bond motifs is 1. The zero-order valence-corrected chi connectivity index (χ0v) is 18.8. The molecule has 2 aromatic carbocycles. The van der Waals surface area contributed by atoms with Crippen molar-refractivity contribution in [2.24, 2.45) is 0 Å². The number of hydrogen-bond donors (Lipinski definition) is 0. The lowest BCUT2D eigenvalue weighted by Gasteiger charge is -2.37. The van der Waals surface area contributed by atoms with Crippen LogP contribution in [0.25, 0.3) is 10.9 Å². The first-order valence-corrected chi connectivity index (χ1v) is 11.4. The number of halogens is 1. The molecule has 0 bridgehead atoms. The fraction of sp³-hybridized carbons (Fsp3) is 0.400. The maximum atomic E-state index is 12.5. The maximum absolute atomic E-state index is 12.5. The van der Waals surface area contributed by atoms with Crippen molar-refractivity contribution in [3.63, 3.8) is 0 Å². The molecule has 0 radical (unpaired) electrons. The zero-order chi connectivity index (χ0) is 21.6. The summed E-state index contributed by atoms with van der Waals surface area (Å²) in [6.45, 7) is 7.69. The minimum Gasteiger partial charge on any atom is -0.441 e. The van der Waals surface area contributed by atoms with Crippen molar-refractivity contribution >= 4 is 34.3 Å². The van der Waals surface area contributed by atoms with Crippen molar-refractivity contribution < 1.29 is 9.53 Å². The second kappa shape index (κ2) is 7.88. The van der Waals surface area contributed by atoms with Crippen molar-refractivity contribution in [3.8, 4) is 0 Å². The summed E-state index contributed by atoms with van der Waals surface area (Å²) in [4.78, 5) is 16.8. The second-order valence-corrected chi connectivity index (χ2v) is 9.45. The Morgan fingerprint density at radius 3 is 2.52 bits per heavy atom. The van der Waals surface area contributed by atoms with Crippen LogP contribution in [-0.4, -0.2) is 40.8 Å². The number of carbonyl (C=O) groups excluding carboxylic acids is 1. The molecular weight excluding hydrogens is 410 g/mol. The number of anilines is 1. The van der Waals surface area contributed by atoms with Crippen molar-refractivity contribution in [1.29, 1.82) is 0 Å². The number of amides is 1. The SMILES string of the molecule is CC(C)n1cc(CN2CCC3(CC2)CN(c2ccccc2)C(=O)O3)c2cccc(Cl)c21. The van der Waals surface area contributed by atoms with E-state index in [9.17, 15) is 4.79 Å². The summed E-state index contributed by atoms with van der Waals surface area (Å²) in [5, 5.41) is 2.03. The number of nitrogens with zero attached hydrogens (tertiary/aromatic N) is 3. The van der Waals surface area contributed by atoms with E-state index in [1.54, 1.807) is 4.90 Å². The van der Waals surface area contributed by atoms with Gasteiger partial charge in [0.05, 0.1) is 17.1 Å². The Bertz CT molecular complexity index is 1100. The molecule has 0 N–H and O–H groups in total. The summed E-state index contributed by atoms with van der Waals surface area (Å²) in [6.07, 6.45) is 3.73. The Balaban J connectivity index is 1.30. The van der Waals surface area contributed by atoms with E-state index < -0.39 is 0 Å². The van der Waals surface area contributed by atoms with Crippen LogP contribution < -0.4 is 4.90 Å². The Hall–Kier alpha value is -2.50. The number of ether oxygens (including phenoxy) is 1. The van der Waals surface area contributed by atoms with E-state index >= 15 is 0 Å². The fourth-order valence-electron chi connectivity index (χ4n) is 4.92. The topological polar surface area (TPSA) is 37.7 Å². The van der Waals surface area contributed by atoms with E-state index in [2.05, 4.69) is 35.6 Å². The Labute approximate surface area is 188 Å². The predicted molar refractivity (Wildman–Crippen MR) is 125 cm³/mol. The van der Waals surface area contributed by atoms with Crippen LogP contribution in [0.2, 0.25) is 5.02 Å². The number of carbonyl (C=O) groups is 1. The van der Waals surface area contributed by atoms with Crippen LogP contribution in [0, 0.1) is 0 Å². The van der Waals surface area contributed by atoms with Crippen LogP contribution in [0.1, 0.15) is 38.3 Å². The highest BCUT2D eigenvalue weighted by Gasteiger charge is 2.47. The van der Waals surface area contributed by atoms with Crippen LogP contribution in [0.3, 0.4) is 0 Å². The number of benzene rings is 2. The average molecular weight is 438 g/mol. The summed E-state index contributed by atoms with van der Waals surface area (Å²) in [6, 6.07) is 16.3. The molecule has 3 heterocycles. The highest BCUT2D eigenvalue weighted by molar-refractivity contribution is 6.35. The van der Waals surface area contributed by atoms with Crippen LogP contribution in [0.4, 0.5) is 10.5 Å². The van der Waals surface area contributed by atoms with Gasteiger partial charge in [-0.25, -0.2) is 4.79 Å². The van der Waals surface area contributed by atoms with Gasteiger partial charge in [-0.15, -0.1) is 0 Å². The molecule has 31 heavy (non-hydrogen) atoms. The van der Waals surface area contributed by atoms with E-state index in [0.29, 0.717) is 12.6 Å². The summed E-state index contributed by atoms with van der Waals surface area (Å²) >= 11 is 6.53. The van der Waals surface area contributed by atoms with Crippen molar-refractivity contribution in [2.75, 3.05) is 24.5 Å². The third-order valence-electron chi connectivity index (χ3n) is 6.64. The minimum atomic E-state index is -0.376. The molecule has 0 saturated carbocycles. The molecular formula is C25H28ClN3O2. The summed E-state index contributed by atoms with van der Waals surface area (Å²) < 4.78 is 8.19. The largest absolute Gasteiger partial charge is 0.441 e. The monoisotopic (exact) mass is 437 g/mol. The molecule has 5 nitrogen and oxygen atoms in total. The van der Waals surface area contributed by atoms with Gasteiger partial charge in [-0.05, 0) is 37.6 Å². The smallest absolute Gasteiger partial charge is 0.415 e. The number of piperidine rings is 1. The van der Waals surface area contributed by atoms with Gasteiger partial charge in [-0.2, -0.15) is 0 Å². The Morgan fingerprint density at radius 1 is 1.06 bits per heavy atom. The van der Waals surface area contributed by atoms with E-state index in [-0.39, 0.29) is 11.7 Å². The van der Waals surface area contributed by atoms with Crippen LogP contribution >= 0.6 is 11.6 Å². The number of likely N-dealkylation sites (tertiary alicyclic amines) is 1. The quantitative estimate of drug-likeness (QED) is 0.512. The molecule has 6 heteroatoms. The van der Waals surface area contributed by atoms with Gasteiger partial charge in [0.2, 0.25) is 0 Å². The number of aromatic nitrogens is 1. The highest BCUT2D eigenvalue weighted by atomic mass is 35.5. The van der Waals surface area contributed by atoms with Gasteiger partial charge < -0.3 is 9.30 Å². The fourth-order valence-corrected chi connectivity index (χ4v) is 5.19. The van der Waals surface area contributed by atoms with Crippen LogP contribution in [0.15, 0.2) is 54.7 Å². The molecule has 5 rings (SSSR count). The first kappa shape index (κ1) is 20.4. The van der Waals surface area contributed by atoms with Crippen molar-refractivity contribution in [1.82, 2.24) is 9.47 Å². The number of hydrogen-bond acceptors (Lipinski definition) is 3. The van der Waals surface area contributed by atoms with Crippen molar-refractivity contribution in [2.45, 2.75) is 44.9 Å². The van der Waals surface area contributed by atoms with Gasteiger partial charge in [-0.3, -0.25) is 9.80 Å². The average Bonchev–Trinajstić information content (AvgIpc) is 3.30. The van der Waals surface area contributed by atoms with Gasteiger partial charge in [0.1, 0.15) is 5.60 Å². The predicted octanol–water partition coefficient (Wildman–Crippen LogP) is 5.87. The summed E-state index contributed by atoms with van der Waals surface area (Å²) in [7, 11) is 0. The van der Waals surface area contributed by atoms with Gasteiger partial charge in [0.15, 0.2) is 0 Å². The van der Waals surface area contributed by atoms with Crippen LogP contribution in [0.5, 0.6) is 0 Å². The molecule has 0 unspecified atom stereocenters. The first-order chi connectivity index (χ1) is 15.0. The lowest BCUT2D eigenvalue weighted by Crippen LogP contribution is -2.46. The molecule has 3 aromatic rings. The zero-order valence-electron chi connectivity index (χ0n) is 18.1. The molecule has 1 aromatic heterocycles. The molecule has 2 saturated heterocycles. The molecule has 1 amide bonds. The lowest BCUT2D eigenvalue weighted by molar-refractivity contribution is -0.000889. The second-order valence-electron chi connectivity index (χ2n) is 9.04. The number of rotatable bonds is 4. The normalized spacial score (nSPS) is 19.0. The molecule has 2 aliphatic heterocycles. The number of para-hydroxylation sites is 2. The van der Waals surface area contributed by atoms with Crippen LogP contribution in [-0.2, 0) is 11.3 Å². The first-order valence-electron chi connectivity index (χ1n) is 11.0. The third kappa shape index (κ3) is 3.70. The molecule has 2 aliphatic rings. The van der Waals surface area contributed by atoms with Gasteiger partial charge in [-0.1, -0.05) is 41.9 Å². The molecule has 0 aliphatic carbocycles. The molecule has 162 valence electrons. The third-order valence-corrected chi connectivity index (χ3v) is 6.95. The van der Waals surface area contributed by atoms with E-state index in [4.69, 9.17) is 16.3 Å². The lowest BCUT2D eigenvalue weighted by atomic mass is 9.91. The standard InChI is InChI=1S/C25H28ClN3O2/c1-18(2)28-16-19(21-9-6-10-22(26)23(21)28)15-27-13-11-25(12-14-27)17-29(24(30)31-25)20-7-4-3-5-8-20/h3-10,16,18H,11-15,17H2,1-2H3. The van der Waals surface area contributed by atoms with Gasteiger partial charge in [0, 0.05) is 55.8 Å². The van der Waals surface area contributed by atoms with Gasteiger partial charge >= 0.3 is 6.09 Å². The highest BCUT2D eigenvalue weighted by Crippen LogP contribution is 2.37. The van der Waals surface area contributed by atoms with E-state index in [0.717, 1.165) is 48.7 Å². The Kier molecular flexibility index (Phi) is 5.19. The van der Waals surface area contributed by atoms with Gasteiger partial charge in [0.25, 0.3) is 0 Å². The van der Waals surface area contributed by atoms with E-state index in [1.807, 2.05) is 42.5 Å². The minimum absolute atomic E-state index is 0.228. The maximum Gasteiger partial charge on any atom is 0.415 e. The Morgan fingerprint density at radius 2 is 1.81 bits per heavy atom. The summed E-state index contributed by atoms with van der Waals surface area (Å²) in [5.74, 6) is 0.